The highest BCUT2D eigenvalue weighted by molar-refractivity contribution is 5.88. The van der Waals surface area contributed by atoms with E-state index >= 15 is 0 Å². The van der Waals surface area contributed by atoms with Gasteiger partial charge in [-0.15, -0.1) is 0 Å². The number of phenolic OH excluding ortho intramolecular Hbond substituents is 2. The topological polar surface area (TPSA) is 308 Å². The standard InChI is InChI=1S/C33H40O19/c1-10-19(36)23(40)26(43)31(47-10)46-9-17-21(38)25(42)28(45)33(51-17)52-30-22(39)18-15(35)7-14(49-32-27(44)24(41)20(37)11(2)48-32)8-16(18)50-29(30)12-3-5-13(34)6-4-12/h3-8,10-11,17,19-21,23-28,31-38,40-45H,9H2,1-2H3/t10?,11?,17?,19-,20-,21-,23-,24-,25?,26?,27?,28?,31+,32-,33-/m0/s1. The van der Waals surface area contributed by atoms with Crippen LogP contribution in [-0.2, 0) is 18.9 Å². The summed E-state index contributed by atoms with van der Waals surface area (Å²) in [5, 5.41) is 114. The lowest BCUT2D eigenvalue weighted by molar-refractivity contribution is -0.318. The predicted octanol–water partition coefficient (Wildman–Crippen LogP) is -2.89. The highest BCUT2D eigenvalue weighted by Gasteiger charge is 2.48. The number of aliphatic hydroxyl groups excluding tert-OH is 9. The molecule has 6 rings (SSSR count). The molecule has 15 atom stereocenters. The van der Waals surface area contributed by atoms with Crippen LogP contribution in [0.25, 0.3) is 22.3 Å². The lowest BCUT2D eigenvalue weighted by atomic mass is 9.98. The van der Waals surface area contributed by atoms with Crippen LogP contribution in [0.5, 0.6) is 23.0 Å². The molecular formula is C33H40O19. The molecule has 3 aliphatic rings. The molecule has 0 radical (unpaired) electrons. The van der Waals surface area contributed by atoms with Gasteiger partial charge in [0, 0.05) is 17.7 Å². The number of benzene rings is 2. The Kier molecular flexibility index (Phi) is 11.0. The first-order valence-electron chi connectivity index (χ1n) is 16.2. The van der Waals surface area contributed by atoms with Crippen LogP contribution < -0.4 is 14.9 Å². The zero-order valence-corrected chi connectivity index (χ0v) is 27.5. The van der Waals surface area contributed by atoms with E-state index in [-0.39, 0.29) is 28.4 Å². The first-order chi connectivity index (χ1) is 24.6. The summed E-state index contributed by atoms with van der Waals surface area (Å²) in [4.78, 5) is 14.0. The number of phenols is 2. The summed E-state index contributed by atoms with van der Waals surface area (Å²) in [5.41, 5.74) is -1.16. The average Bonchev–Trinajstić information content (AvgIpc) is 3.11. The molecule has 19 nitrogen and oxygen atoms in total. The van der Waals surface area contributed by atoms with Crippen LogP contribution in [0.4, 0.5) is 0 Å². The fourth-order valence-corrected chi connectivity index (χ4v) is 6.09. The molecule has 0 saturated carbocycles. The summed E-state index contributed by atoms with van der Waals surface area (Å²) < 4.78 is 39.5. The van der Waals surface area contributed by atoms with Crippen molar-refractivity contribution in [2.75, 3.05) is 6.61 Å². The van der Waals surface area contributed by atoms with Crippen LogP contribution >= 0.6 is 0 Å². The van der Waals surface area contributed by atoms with Crippen molar-refractivity contribution < 1.29 is 89.0 Å². The third kappa shape index (κ3) is 7.16. The summed E-state index contributed by atoms with van der Waals surface area (Å²) in [6.45, 7) is 2.25. The lowest BCUT2D eigenvalue weighted by Crippen LogP contribution is -2.61. The number of aromatic hydroxyl groups is 2. The summed E-state index contributed by atoms with van der Waals surface area (Å²) >= 11 is 0. The Morgan fingerprint density at radius 2 is 1.17 bits per heavy atom. The number of aliphatic hydroxyl groups is 9. The number of rotatable bonds is 8. The fourth-order valence-electron chi connectivity index (χ4n) is 6.09. The molecule has 19 heteroatoms. The fraction of sp³-hybridized carbons (Fsp3) is 0.545. The summed E-state index contributed by atoms with van der Waals surface area (Å²) in [7, 11) is 0. The largest absolute Gasteiger partial charge is 0.508 e. The molecule has 0 aliphatic carbocycles. The van der Waals surface area contributed by atoms with E-state index in [0.29, 0.717) is 0 Å². The second kappa shape index (κ2) is 15.0. The summed E-state index contributed by atoms with van der Waals surface area (Å²) in [6.07, 6.45) is -23.5. The number of fused-ring (bicyclic) bond motifs is 1. The van der Waals surface area contributed by atoms with Crippen LogP contribution in [0.15, 0.2) is 45.6 Å². The highest BCUT2D eigenvalue weighted by atomic mass is 16.7. The van der Waals surface area contributed by atoms with Crippen molar-refractivity contribution in [1.29, 1.82) is 0 Å². The first-order valence-corrected chi connectivity index (χ1v) is 16.2. The molecule has 4 heterocycles. The molecule has 1 aromatic heterocycles. The minimum absolute atomic E-state index is 0.138. The molecule has 0 bridgehead atoms. The summed E-state index contributed by atoms with van der Waals surface area (Å²) in [5.74, 6) is -2.01. The van der Waals surface area contributed by atoms with Crippen LogP contribution in [0.2, 0.25) is 0 Å². The number of hydrogen-bond acceptors (Lipinski definition) is 19. The molecule has 3 fully saturated rings. The molecule has 286 valence electrons. The van der Waals surface area contributed by atoms with E-state index in [1.165, 1.54) is 44.2 Å². The monoisotopic (exact) mass is 740 g/mol. The second-order valence-electron chi connectivity index (χ2n) is 12.9. The molecule has 3 saturated heterocycles. The van der Waals surface area contributed by atoms with E-state index in [4.69, 9.17) is 32.8 Å². The quantitative estimate of drug-likeness (QED) is 0.110. The van der Waals surface area contributed by atoms with E-state index in [0.717, 1.165) is 6.07 Å². The maximum Gasteiger partial charge on any atom is 0.239 e. The second-order valence-corrected chi connectivity index (χ2v) is 12.9. The Morgan fingerprint density at radius 1 is 0.635 bits per heavy atom. The van der Waals surface area contributed by atoms with E-state index in [2.05, 4.69) is 0 Å². The van der Waals surface area contributed by atoms with Crippen LogP contribution in [0, 0.1) is 0 Å². The van der Waals surface area contributed by atoms with E-state index in [1.54, 1.807) is 0 Å². The van der Waals surface area contributed by atoms with Gasteiger partial charge in [-0.3, -0.25) is 4.79 Å². The molecule has 52 heavy (non-hydrogen) atoms. The maximum atomic E-state index is 14.0. The first kappa shape index (κ1) is 38.1. The number of hydrogen-bond donors (Lipinski definition) is 11. The minimum Gasteiger partial charge on any atom is -0.508 e. The van der Waals surface area contributed by atoms with Crippen LogP contribution in [0.1, 0.15) is 13.8 Å². The van der Waals surface area contributed by atoms with Gasteiger partial charge in [-0.2, -0.15) is 0 Å². The molecular weight excluding hydrogens is 700 g/mol. The van der Waals surface area contributed by atoms with Gasteiger partial charge in [0.2, 0.25) is 23.8 Å². The Hall–Kier alpha value is -3.67. The van der Waals surface area contributed by atoms with Gasteiger partial charge in [0.25, 0.3) is 0 Å². The zero-order valence-electron chi connectivity index (χ0n) is 27.5. The Morgan fingerprint density at radius 3 is 1.79 bits per heavy atom. The smallest absolute Gasteiger partial charge is 0.239 e. The van der Waals surface area contributed by atoms with Crippen molar-refractivity contribution >= 4 is 11.0 Å². The van der Waals surface area contributed by atoms with Crippen molar-refractivity contribution in [2.45, 2.75) is 106 Å². The van der Waals surface area contributed by atoms with Crippen molar-refractivity contribution in [3.8, 4) is 34.3 Å². The molecule has 7 unspecified atom stereocenters. The Bertz CT molecular complexity index is 1770. The van der Waals surface area contributed by atoms with Crippen LogP contribution in [0.3, 0.4) is 0 Å². The minimum atomic E-state index is -1.98. The molecule has 3 aromatic rings. The van der Waals surface area contributed by atoms with Gasteiger partial charge < -0.3 is 89.0 Å². The molecule has 3 aliphatic heterocycles. The van der Waals surface area contributed by atoms with Gasteiger partial charge in [-0.25, -0.2) is 0 Å². The molecule has 2 aromatic carbocycles. The molecule has 0 spiro atoms. The van der Waals surface area contributed by atoms with Gasteiger partial charge in [-0.1, -0.05) is 0 Å². The average molecular weight is 741 g/mol. The summed E-state index contributed by atoms with van der Waals surface area (Å²) in [6, 6.07) is 7.38. The van der Waals surface area contributed by atoms with Crippen molar-refractivity contribution in [3.05, 3.63) is 46.6 Å². The maximum absolute atomic E-state index is 14.0. The van der Waals surface area contributed by atoms with Crippen LogP contribution in [-0.4, -0.2) is 155 Å². The number of ether oxygens (including phenoxy) is 6. The Balaban J connectivity index is 1.32. The third-order valence-electron chi connectivity index (χ3n) is 9.23. The van der Waals surface area contributed by atoms with Crippen molar-refractivity contribution in [1.82, 2.24) is 0 Å². The van der Waals surface area contributed by atoms with E-state index in [1.807, 2.05) is 0 Å². The normalized spacial score (nSPS) is 38.2. The predicted molar refractivity (Wildman–Crippen MR) is 170 cm³/mol. The van der Waals surface area contributed by atoms with Gasteiger partial charge in [0.05, 0.1) is 18.8 Å². The van der Waals surface area contributed by atoms with E-state index in [9.17, 15) is 61.0 Å². The van der Waals surface area contributed by atoms with Gasteiger partial charge >= 0.3 is 0 Å². The molecule has 11 N–H and O–H groups in total. The zero-order chi connectivity index (χ0) is 37.8. The van der Waals surface area contributed by atoms with Gasteiger partial charge in [-0.05, 0) is 38.1 Å². The highest BCUT2D eigenvalue weighted by Crippen LogP contribution is 2.38. The van der Waals surface area contributed by atoms with Crippen molar-refractivity contribution in [2.24, 2.45) is 0 Å². The molecule has 0 amide bonds. The third-order valence-corrected chi connectivity index (χ3v) is 9.23. The SMILES string of the molecule is CC1O[C@@H](OCC2O[C@@H](Oc3c(-c4ccc(O)cc4)oc4cc(O[C@@H]5OC(C)[C@H](O)[C@H](O)C5O)cc(O)c4c3=O)C(O)C(O)[C@H]2O)C(O)[C@@H](O)[C@H]1O. The van der Waals surface area contributed by atoms with Gasteiger partial charge in [0.1, 0.15) is 89.3 Å². The van der Waals surface area contributed by atoms with Gasteiger partial charge in [0.15, 0.2) is 12.1 Å². The van der Waals surface area contributed by atoms with Crippen molar-refractivity contribution in [3.63, 3.8) is 0 Å². The Labute approximate surface area is 293 Å². The lowest BCUT2D eigenvalue weighted by Gasteiger charge is -2.42. The van der Waals surface area contributed by atoms with E-state index < -0.39 is 121 Å².